The highest BCUT2D eigenvalue weighted by Gasteiger charge is 2.32. The molecule has 0 spiro atoms. The SMILES string of the molecule is Cc1ccc(N2C(=O)/C(=C\c3ccc(N(C)C)cc3)N=C2c2ccc(Cl)cc2)cc1. The van der Waals surface area contributed by atoms with Crippen molar-refractivity contribution in [1.29, 1.82) is 0 Å². The molecule has 30 heavy (non-hydrogen) atoms. The van der Waals surface area contributed by atoms with Gasteiger partial charge in [-0.05, 0) is 67.1 Å². The lowest BCUT2D eigenvalue weighted by Gasteiger charge is -2.18. The number of nitrogens with zero attached hydrogens (tertiary/aromatic N) is 3. The minimum absolute atomic E-state index is 0.152. The van der Waals surface area contributed by atoms with Crippen LogP contribution in [0.3, 0.4) is 0 Å². The van der Waals surface area contributed by atoms with Gasteiger partial charge in [0.1, 0.15) is 11.5 Å². The van der Waals surface area contributed by atoms with E-state index >= 15 is 0 Å². The predicted octanol–water partition coefficient (Wildman–Crippen LogP) is 5.55. The van der Waals surface area contributed by atoms with Gasteiger partial charge in [0.25, 0.3) is 5.91 Å². The molecule has 0 saturated heterocycles. The van der Waals surface area contributed by atoms with Crippen molar-refractivity contribution < 1.29 is 4.79 Å². The van der Waals surface area contributed by atoms with Gasteiger partial charge in [0.05, 0.1) is 5.69 Å². The van der Waals surface area contributed by atoms with Crippen LogP contribution < -0.4 is 9.80 Å². The number of hydrogen-bond acceptors (Lipinski definition) is 3. The fourth-order valence-electron chi connectivity index (χ4n) is 3.27. The van der Waals surface area contributed by atoms with Crippen LogP contribution in [0.25, 0.3) is 6.08 Å². The Labute approximate surface area is 181 Å². The van der Waals surface area contributed by atoms with E-state index in [-0.39, 0.29) is 5.91 Å². The monoisotopic (exact) mass is 415 g/mol. The average molecular weight is 416 g/mol. The summed E-state index contributed by atoms with van der Waals surface area (Å²) in [7, 11) is 3.99. The van der Waals surface area contributed by atoms with Crippen LogP contribution in [-0.4, -0.2) is 25.8 Å². The molecule has 1 heterocycles. The van der Waals surface area contributed by atoms with Gasteiger partial charge >= 0.3 is 0 Å². The van der Waals surface area contributed by atoms with Crippen molar-refractivity contribution in [3.8, 4) is 0 Å². The number of hydrogen-bond donors (Lipinski definition) is 0. The van der Waals surface area contributed by atoms with E-state index in [1.54, 1.807) is 17.0 Å². The quantitative estimate of drug-likeness (QED) is 0.524. The van der Waals surface area contributed by atoms with Crippen molar-refractivity contribution in [2.75, 3.05) is 23.9 Å². The summed E-state index contributed by atoms with van der Waals surface area (Å²) >= 11 is 6.05. The van der Waals surface area contributed by atoms with Crippen LogP contribution >= 0.6 is 11.6 Å². The molecule has 0 saturated carbocycles. The second-order valence-electron chi connectivity index (χ2n) is 7.43. The molecule has 4 rings (SSSR count). The Kier molecular flexibility index (Phi) is 5.42. The number of amides is 1. The first kappa shape index (κ1) is 19.9. The maximum absolute atomic E-state index is 13.3. The molecule has 5 heteroatoms. The van der Waals surface area contributed by atoms with E-state index in [4.69, 9.17) is 16.6 Å². The molecule has 0 unspecified atom stereocenters. The van der Waals surface area contributed by atoms with Crippen LogP contribution in [0.4, 0.5) is 11.4 Å². The first-order valence-electron chi connectivity index (χ1n) is 9.67. The number of aryl methyl sites for hydroxylation is 1. The maximum Gasteiger partial charge on any atom is 0.282 e. The van der Waals surface area contributed by atoms with Gasteiger partial charge in [0.2, 0.25) is 0 Å². The van der Waals surface area contributed by atoms with Crippen molar-refractivity contribution in [3.05, 3.63) is 100 Å². The van der Waals surface area contributed by atoms with Crippen molar-refractivity contribution in [2.45, 2.75) is 6.92 Å². The maximum atomic E-state index is 13.3. The molecule has 3 aromatic carbocycles. The summed E-state index contributed by atoms with van der Waals surface area (Å²) in [5.41, 5.74) is 5.17. The number of halogens is 1. The van der Waals surface area contributed by atoms with Gasteiger partial charge in [-0.3, -0.25) is 9.69 Å². The van der Waals surface area contributed by atoms with E-state index in [0.717, 1.165) is 28.1 Å². The number of carbonyl (C=O) groups is 1. The largest absolute Gasteiger partial charge is 0.378 e. The van der Waals surface area contributed by atoms with E-state index in [0.29, 0.717) is 16.6 Å². The summed E-state index contributed by atoms with van der Waals surface area (Å²) in [6, 6.07) is 23.2. The molecular formula is C25H22ClN3O. The van der Waals surface area contributed by atoms with E-state index in [1.807, 2.05) is 92.7 Å². The standard InChI is InChI=1S/C25H22ClN3O/c1-17-4-12-22(13-5-17)29-24(19-8-10-20(26)11-9-19)27-23(25(29)30)16-18-6-14-21(15-7-18)28(2)3/h4-16H,1-3H3/b23-16+. The topological polar surface area (TPSA) is 35.9 Å². The number of amidine groups is 1. The Morgan fingerprint density at radius 1 is 0.900 bits per heavy atom. The molecule has 1 aliphatic rings. The van der Waals surface area contributed by atoms with Gasteiger partial charge < -0.3 is 4.90 Å². The molecule has 150 valence electrons. The predicted molar refractivity (Wildman–Crippen MR) is 125 cm³/mol. The first-order valence-corrected chi connectivity index (χ1v) is 10.0. The van der Waals surface area contributed by atoms with Gasteiger partial charge in [-0.25, -0.2) is 4.99 Å². The third-order valence-electron chi connectivity index (χ3n) is 4.97. The number of rotatable bonds is 4. The minimum atomic E-state index is -0.152. The average Bonchev–Trinajstić information content (AvgIpc) is 3.06. The smallest absolute Gasteiger partial charge is 0.282 e. The van der Waals surface area contributed by atoms with Crippen LogP contribution in [-0.2, 0) is 4.79 Å². The fourth-order valence-corrected chi connectivity index (χ4v) is 3.40. The molecular weight excluding hydrogens is 394 g/mol. The third-order valence-corrected chi connectivity index (χ3v) is 5.22. The Hall–Kier alpha value is -3.37. The molecule has 0 radical (unpaired) electrons. The van der Waals surface area contributed by atoms with Gasteiger partial charge in [-0.15, -0.1) is 0 Å². The summed E-state index contributed by atoms with van der Waals surface area (Å²) in [6.45, 7) is 2.02. The molecule has 0 atom stereocenters. The molecule has 0 fully saturated rings. The van der Waals surface area contributed by atoms with Crippen LogP contribution in [0.2, 0.25) is 5.02 Å². The summed E-state index contributed by atoms with van der Waals surface area (Å²) in [5.74, 6) is 0.442. The van der Waals surface area contributed by atoms with E-state index < -0.39 is 0 Å². The number of benzene rings is 3. The Bertz CT molecular complexity index is 1130. The second-order valence-corrected chi connectivity index (χ2v) is 7.87. The number of carbonyl (C=O) groups excluding carboxylic acids is 1. The van der Waals surface area contributed by atoms with Crippen LogP contribution in [0.5, 0.6) is 0 Å². The molecule has 3 aromatic rings. The summed E-state index contributed by atoms with van der Waals surface area (Å²) in [6.07, 6.45) is 1.83. The zero-order valence-electron chi connectivity index (χ0n) is 17.1. The Morgan fingerprint density at radius 2 is 1.53 bits per heavy atom. The highest BCUT2D eigenvalue weighted by atomic mass is 35.5. The zero-order chi connectivity index (χ0) is 21.3. The lowest BCUT2D eigenvalue weighted by atomic mass is 10.1. The lowest BCUT2D eigenvalue weighted by molar-refractivity contribution is -0.113. The fraction of sp³-hybridized carbons (Fsp3) is 0.120. The van der Waals surface area contributed by atoms with Gasteiger partial charge in [0, 0.05) is 30.4 Å². The van der Waals surface area contributed by atoms with E-state index in [1.165, 1.54) is 0 Å². The van der Waals surface area contributed by atoms with Gasteiger partial charge in [-0.2, -0.15) is 0 Å². The van der Waals surface area contributed by atoms with E-state index in [2.05, 4.69) is 0 Å². The molecule has 4 nitrogen and oxygen atoms in total. The van der Waals surface area contributed by atoms with E-state index in [9.17, 15) is 4.79 Å². The second kappa shape index (κ2) is 8.17. The van der Waals surface area contributed by atoms with Crippen molar-refractivity contribution in [3.63, 3.8) is 0 Å². The van der Waals surface area contributed by atoms with Crippen molar-refractivity contribution in [2.24, 2.45) is 4.99 Å². The van der Waals surface area contributed by atoms with Crippen LogP contribution in [0.15, 0.2) is 83.5 Å². The lowest BCUT2D eigenvalue weighted by Crippen LogP contribution is -2.32. The van der Waals surface area contributed by atoms with Crippen molar-refractivity contribution in [1.82, 2.24) is 0 Å². The third kappa shape index (κ3) is 4.00. The highest BCUT2D eigenvalue weighted by Crippen LogP contribution is 2.29. The van der Waals surface area contributed by atoms with Gasteiger partial charge in [0.15, 0.2) is 0 Å². The Balaban J connectivity index is 1.77. The minimum Gasteiger partial charge on any atom is -0.378 e. The summed E-state index contributed by atoms with van der Waals surface area (Å²) < 4.78 is 0. The molecule has 0 aliphatic carbocycles. The normalized spacial score (nSPS) is 14.9. The molecule has 0 bridgehead atoms. The number of anilines is 2. The van der Waals surface area contributed by atoms with Gasteiger partial charge in [-0.1, -0.05) is 41.4 Å². The van der Waals surface area contributed by atoms with Crippen LogP contribution in [0.1, 0.15) is 16.7 Å². The van der Waals surface area contributed by atoms with Crippen LogP contribution in [0, 0.1) is 6.92 Å². The first-order chi connectivity index (χ1) is 14.4. The Morgan fingerprint density at radius 3 is 2.13 bits per heavy atom. The number of aliphatic imine (C=N–C) groups is 1. The summed E-state index contributed by atoms with van der Waals surface area (Å²) in [5, 5.41) is 0.641. The van der Waals surface area contributed by atoms with Crippen molar-refractivity contribution >= 4 is 40.8 Å². The summed E-state index contributed by atoms with van der Waals surface area (Å²) in [4.78, 5) is 21.7. The zero-order valence-corrected chi connectivity index (χ0v) is 17.9. The highest BCUT2D eigenvalue weighted by molar-refractivity contribution is 6.34. The molecule has 1 aliphatic heterocycles. The molecule has 1 amide bonds. The molecule has 0 aromatic heterocycles. The molecule has 0 N–H and O–H groups in total.